The van der Waals surface area contributed by atoms with Gasteiger partial charge in [0.1, 0.15) is 0 Å². The third-order valence-corrected chi connectivity index (χ3v) is 6.37. The Hall–Kier alpha value is -2.67. The molecule has 6 nitrogen and oxygen atoms in total. The van der Waals surface area contributed by atoms with Crippen molar-refractivity contribution in [2.75, 3.05) is 45.8 Å². The number of pyridine rings is 1. The van der Waals surface area contributed by atoms with Crippen molar-refractivity contribution in [3.05, 3.63) is 75.7 Å². The molecule has 1 N–H and O–H groups in total. The van der Waals surface area contributed by atoms with Gasteiger partial charge in [-0.1, -0.05) is 36.7 Å². The maximum absolute atomic E-state index is 13.1. The number of hydrogen-bond acceptors (Lipinski definition) is 4. The summed E-state index contributed by atoms with van der Waals surface area (Å²) >= 11 is 6.00. The standard InChI is InChI=1S/C25H29ClN4O2/c1-2-28-14-16-29(17-15-28)13-5-12-27-24(31)23-18-30(20-10-8-19(26)9-11-20)25(32)22-7-4-3-6-21(22)23/h3-4,6-11,18H,2,5,12-17H2,1H3,(H,27,31). The summed E-state index contributed by atoms with van der Waals surface area (Å²) in [5.74, 6) is -0.167. The minimum atomic E-state index is -0.167. The molecule has 1 aliphatic rings. The van der Waals surface area contributed by atoms with Gasteiger partial charge < -0.3 is 15.1 Å². The van der Waals surface area contributed by atoms with Crippen molar-refractivity contribution in [1.29, 1.82) is 0 Å². The summed E-state index contributed by atoms with van der Waals surface area (Å²) in [5.41, 5.74) is 1.00. The summed E-state index contributed by atoms with van der Waals surface area (Å²) in [6, 6.07) is 14.3. The Morgan fingerprint density at radius 2 is 1.62 bits per heavy atom. The van der Waals surface area contributed by atoms with Crippen LogP contribution in [0.2, 0.25) is 5.02 Å². The summed E-state index contributed by atoms with van der Waals surface area (Å²) in [6.45, 7) is 9.27. The fourth-order valence-electron chi connectivity index (χ4n) is 4.19. The maximum Gasteiger partial charge on any atom is 0.262 e. The molecule has 0 radical (unpaired) electrons. The minimum absolute atomic E-state index is 0.161. The Labute approximate surface area is 193 Å². The number of aromatic nitrogens is 1. The van der Waals surface area contributed by atoms with E-state index in [1.54, 1.807) is 36.5 Å². The summed E-state index contributed by atoms with van der Waals surface area (Å²) in [7, 11) is 0. The lowest BCUT2D eigenvalue weighted by atomic mass is 10.1. The van der Waals surface area contributed by atoms with Crippen LogP contribution in [0.3, 0.4) is 0 Å². The van der Waals surface area contributed by atoms with E-state index in [4.69, 9.17) is 11.6 Å². The summed E-state index contributed by atoms with van der Waals surface area (Å²) < 4.78 is 1.51. The van der Waals surface area contributed by atoms with Crippen molar-refractivity contribution in [3.8, 4) is 5.69 Å². The van der Waals surface area contributed by atoms with Crippen LogP contribution in [-0.2, 0) is 0 Å². The van der Waals surface area contributed by atoms with Crippen LogP contribution < -0.4 is 10.9 Å². The quantitative estimate of drug-likeness (QED) is 0.558. The monoisotopic (exact) mass is 452 g/mol. The van der Waals surface area contributed by atoms with Crippen LogP contribution in [0.5, 0.6) is 0 Å². The van der Waals surface area contributed by atoms with Crippen LogP contribution in [-0.4, -0.2) is 66.1 Å². The molecule has 0 aliphatic carbocycles. The molecule has 32 heavy (non-hydrogen) atoms. The third kappa shape index (κ3) is 5.04. The number of piperazine rings is 1. The second-order valence-electron chi connectivity index (χ2n) is 8.13. The smallest absolute Gasteiger partial charge is 0.262 e. The van der Waals surface area contributed by atoms with E-state index in [1.165, 1.54) is 4.57 Å². The molecule has 1 aliphatic heterocycles. The summed E-state index contributed by atoms with van der Waals surface area (Å²) in [4.78, 5) is 31.0. The lowest BCUT2D eigenvalue weighted by Crippen LogP contribution is -2.46. The molecule has 0 saturated carbocycles. The van der Waals surface area contributed by atoms with E-state index in [1.807, 2.05) is 18.2 Å². The number of hydrogen-bond donors (Lipinski definition) is 1. The van der Waals surface area contributed by atoms with Crippen LogP contribution >= 0.6 is 11.6 Å². The number of rotatable bonds is 7. The highest BCUT2D eigenvalue weighted by atomic mass is 35.5. The van der Waals surface area contributed by atoms with Gasteiger partial charge in [-0.2, -0.15) is 0 Å². The molecular formula is C25H29ClN4O2. The average Bonchev–Trinajstić information content (AvgIpc) is 2.83. The molecule has 7 heteroatoms. The number of likely N-dealkylation sites (N-methyl/N-ethyl adjacent to an activating group) is 1. The van der Waals surface area contributed by atoms with Crippen molar-refractivity contribution < 1.29 is 4.79 Å². The van der Waals surface area contributed by atoms with E-state index in [2.05, 4.69) is 22.0 Å². The zero-order valence-electron chi connectivity index (χ0n) is 18.4. The van der Waals surface area contributed by atoms with Crippen molar-refractivity contribution in [2.45, 2.75) is 13.3 Å². The first-order valence-corrected chi connectivity index (χ1v) is 11.6. The molecule has 4 rings (SSSR count). The molecule has 2 heterocycles. The Morgan fingerprint density at radius 3 is 2.31 bits per heavy atom. The molecular weight excluding hydrogens is 424 g/mol. The van der Waals surface area contributed by atoms with Gasteiger partial charge in [-0.15, -0.1) is 0 Å². The van der Waals surface area contributed by atoms with Crippen molar-refractivity contribution >= 4 is 28.3 Å². The minimum Gasteiger partial charge on any atom is -0.352 e. The normalized spacial score (nSPS) is 15.2. The van der Waals surface area contributed by atoms with Crippen LogP contribution in [0.1, 0.15) is 23.7 Å². The summed E-state index contributed by atoms with van der Waals surface area (Å²) in [5, 5.41) is 4.82. The molecule has 2 aromatic carbocycles. The van der Waals surface area contributed by atoms with Gasteiger partial charge in [0.2, 0.25) is 0 Å². The average molecular weight is 453 g/mol. The molecule has 0 atom stereocenters. The fraction of sp³-hybridized carbons (Fsp3) is 0.360. The molecule has 1 saturated heterocycles. The molecule has 1 fully saturated rings. The van der Waals surface area contributed by atoms with Gasteiger partial charge in [-0.25, -0.2) is 0 Å². The van der Waals surface area contributed by atoms with E-state index in [9.17, 15) is 9.59 Å². The number of halogens is 1. The number of nitrogens with one attached hydrogen (secondary N) is 1. The zero-order chi connectivity index (χ0) is 22.5. The number of benzene rings is 2. The van der Waals surface area contributed by atoms with Crippen LogP contribution in [0.4, 0.5) is 0 Å². The van der Waals surface area contributed by atoms with Gasteiger partial charge in [0.25, 0.3) is 11.5 Å². The van der Waals surface area contributed by atoms with Gasteiger partial charge in [0.15, 0.2) is 0 Å². The number of nitrogens with zero attached hydrogens (tertiary/aromatic N) is 3. The number of carbonyl (C=O) groups excluding carboxylic acids is 1. The van der Waals surface area contributed by atoms with Crippen molar-refractivity contribution in [1.82, 2.24) is 19.7 Å². The van der Waals surface area contributed by atoms with E-state index >= 15 is 0 Å². The van der Waals surface area contributed by atoms with Gasteiger partial charge in [0, 0.05) is 60.4 Å². The van der Waals surface area contributed by atoms with E-state index in [0.717, 1.165) is 45.7 Å². The second-order valence-corrected chi connectivity index (χ2v) is 8.56. The first-order chi connectivity index (χ1) is 15.6. The van der Waals surface area contributed by atoms with E-state index in [0.29, 0.717) is 33.6 Å². The fourth-order valence-corrected chi connectivity index (χ4v) is 4.32. The summed E-state index contributed by atoms with van der Waals surface area (Å²) in [6.07, 6.45) is 2.53. The van der Waals surface area contributed by atoms with Crippen molar-refractivity contribution in [3.63, 3.8) is 0 Å². The highest BCUT2D eigenvalue weighted by Gasteiger charge is 2.17. The number of fused-ring (bicyclic) bond motifs is 1. The van der Waals surface area contributed by atoms with Gasteiger partial charge in [-0.3, -0.25) is 14.2 Å². The first kappa shape index (κ1) is 22.5. The highest BCUT2D eigenvalue weighted by Crippen LogP contribution is 2.19. The zero-order valence-corrected chi connectivity index (χ0v) is 19.1. The molecule has 3 aromatic rings. The lowest BCUT2D eigenvalue weighted by molar-refractivity contribution is 0.0949. The second kappa shape index (κ2) is 10.3. The molecule has 0 spiro atoms. The van der Waals surface area contributed by atoms with Crippen LogP contribution in [0, 0.1) is 0 Å². The first-order valence-electron chi connectivity index (χ1n) is 11.2. The molecule has 1 aromatic heterocycles. The molecule has 1 amide bonds. The van der Waals surface area contributed by atoms with Gasteiger partial charge in [0.05, 0.1) is 5.56 Å². The predicted molar refractivity (Wildman–Crippen MR) is 130 cm³/mol. The maximum atomic E-state index is 13.1. The largest absolute Gasteiger partial charge is 0.352 e. The third-order valence-electron chi connectivity index (χ3n) is 6.12. The lowest BCUT2D eigenvalue weighted by Gasteiger charge is -2.33. The van der Waals surface area contributed by atoms with Gasteiger partial charge in [-0.05, 0) is 49.8 Å². The van der Waals surface area contributed by atoms with Crippen molar-refractivity contribution in [2.24, 2.45) is 0 Å². The predicted octanol–water partition coefficient (Wildman–Crippen LogP) is 3.40. The van der Waals surface area contributed by atoms with Crippen LogP contribution in [0.15, 0.2) is 59.5 Å². The van der Waals surface area contributed by atoms with Gasteiger partial charge >= 0.3 is 0 Å². The Kier molecular flexibility index (Phi) is 7.25. The topological polar surface area (TPSA) is 57.6 Å². The molecule has 168 valence electrons. The number of amides is 1. The molecule has 0 bridgehead atoms. The Morgan fingerprint density at radius 1 is 0.969 bits per heavy atom. The van der Waals surface area contributed by atoms with E-state index < -0.39 is 0 Å². The highest BCUT2D eigenvalue weighted by molar-refractivity contribution is 6.30. The number of carbonyl (C=O) groups is 1. The SMILES string of the molecule is CCN1CCN(CCCNC(=O)c2cn(-c3ccc(Cl)cc3)c(=O)c3ccccc23)CC1. The Bertz CT molecular complexity index is 1130. The van der Waals surface area contributed by atoms with Crippen LogP contribution in [0.25, 0.3) is 16.5 Å². The Balaban J connectivity index is 1.48. The van der Waals surface area contributed by atoms with E-state index in [-0.39, 0.29) is 11.5 Å². The molecule has 0 unspecified atom stereocenters.